The third kappa shape index (κ3) is 6.40. The fraction of sp³-hybridized carbons (Fsp3) is 1.00. The van der Waals surface area contributed by atoms with Gasteiger partial charge in [0.2, 0.25) is 0 Å². The van der Waals surface area contributed by atoms with Gasteiger partial charge in [0.15, 0.2) is 11.1 Å². The SMILES string of the molecule is CC(Cl)CCS(=O)O. The Bertz CT molecular complexity index is 84.1. The molecule has 50 valence electrons. The van der Waals surface area contributed by atoms with Gasteiger partial charge in [-0.05, 0) is 13.3 Å². The Balaban J connectivity index is 3.05. The van der Waals surface area contributed by atoms with Crippen LogP contribution in [0.25, 0.3) is 0 Å². The van der Waals surface area contributed by atoms with Crippen molar-refractivity contribution in [3.63, 3.8) is 0 Å². The summed E-state index contributed by atoms with van der Waals surface area (Å²) in [6.45, 7) is 1.80. The highest BCUT2D eigenvalue weighted by molar-refractivity contribution is 7.79. The molecule has 0 spiro atoms. The first-order valence-corrected chi connectivity index (χ1v) is 4.05. The molecule has 4 heteroatoms. The van der Waals surface area contributed by atoms with Crippen molar-refractivity contribution in [1.82, 2.24) is 0 Å². The number of alkyl halides is 1. The van der Waals surface area contributed by atoms with Gasteiger partial charge in [0.05, 0.1) is 5.75 Å². The lowest BCUT2D eigenvalue weighted by atomic mass is 10.4. The molecule has 0 bridgehead atoms. The maximum Gasteiger partial charge on any atom is 0.152 e. The van der Waals surface area contributed by atoms with Crippen LogP contribution in [0.2, 0.25) is 0 Å². The molecule has 0 fully saturated rings. The molecule has 1 N–H and O–H groups in total. The summed E-state index contributed by atoms with van der Waals surface area (Å²) in [5, 5.41) is 0.00565. The van der Waals surface area contributed by atoms with Crippen LogP contribution >= 0.6 is 11.6 Å². The molecule has 0 amide bonds. The summed E-state index contributed by atoms with van der Waals surface area (Å²) in [6.07, 6.45) is 0.602. The molecule has 0 aromatic heterocycles. The average Bonchev–Trinajstić information content (AvgIpc) is 1.61. The van der Waals surface area contributed by atoms with Crippen LogP contribution in [-0.2, 0) is 11.1 Å². The molecule has 0 radical (unpaired) electrons. The number of hydrogen-bond acceptors (Lipinski definition) is 1. The summed E-state index contributed by atoms with van der Waals surface area (Å²) in [7, 11) is 0. The highest BCUT2D eigenvalue weighted by atomic mass is 35.5. The van der Waals surface area contributed by atoms with E-state index < -0.39 is 11.1 Å². The van der Waals surface area contributed by atoms with E-state index in [9.17, 15) is 4.21 Å². The molecule has 0 aliphatic carbocycles. The van der Waals surface area contributed by atoms with Crippen molar-refractivity contribution >= 4 is 22.7 Å². The van der Waals surface area contributed by atoms with Crippen LogP contribution < -0.4 is 0 Å². The van der Waals surface area contributed by atoms with Crippen molar-refractivity contribution in [2.45, 2.75) is 18.7 Å². The van der Waals surface area contributed by atoms with Crippen LogP contribution in [0.4, 0.5) is 0 Å². The second-order valence-corrected chi connectivity index (χ2v) is 3.39. The molecule has 2 unspecified atom stereocenters. The summed E-state index contributed by atoms with van der Waals surface area (Å²) in [4.78, 5) is 0. The molecule has 0 aromatic carbocycles. The standard InChI is InChI=1S/C4H9ClO2S/c1-4(5)2-3-8(6)7/h4H,2-3H2,1H3,(H,6,7). The second kappa shape index (κ2) is 4.30. The van der Waals surface area contributed by atoms with E-state index >= 15 is 0 Å². The van der Waals surface area contributed by atoms with Gasteiger partial charge in [0, 0.05) is 5.38 Å². The topological polar surface area (TPSA) is 37.3 Å². The van der Waals surface area contributed by atoms with Crippen molar-refractivity contribution < 1.29 is 8.76 Å². The smallest absolute Gasteiger partial charge is 0.152 e. The zero-order chi connectivity index (χ0) is 6.57. The lowest BCUT2D eigenvalue weighted by Crippen LogP contribution is -2.00. The Labute approximate surface area is 56.5 Å². The van der Waals surface area contributed by atoms with Crippen LogP contribution in [-0.4, -0.2) is 19.9 Å². The van der Waals surface area contributed by atoms with Crippen molar-refractivity contribution in [2.24, 2.45) is 0 Å². The number of rotatable bonds is 3. The van der Waals surface area contributed by atoms with Gasteiger partial charge in [-0.15, -0.1) is 11.6 Å². The van der Waals surface area contributed by atoms with Gasteiger partial charge >= 0.3 is 0 Å². The van der Waals surface area contributed by atoms with Crippen LogP contribution in [0.5, 0.6) is 0 Å². The highest BCUT2D eigenvalue weighted by Gasteiger charge is 1.97. The van der Waals surface area contributed by atoms with Crippen molar-refractivity contribution in [1.29, 1.82) is 0 Å². The quantitative estimate of drug-likeness (QED) is 0.493. The van der Waals surface area contributed by atoms with E-state index in [4.69, 9.17) is 16.2 Å². The minimum Gasteiger partial charge on any atom is -0.306 e. The van der Waals surface area contributed by atoms with Gasteiger partial charge in [0.1, 0.15) is 0 Å². The molecule has 0 aliphatic rings. The zero-order valence-corrected chi connectivity index (χ0v) is 6.21. The van der Waals surface area contributed by atoms with E-state index in [0.717, 1.165) is 0 Å². The first kappa shape index (κ1) is 8.40. The zero-order valence-electron chi connectivity index (χ0n) is 4.63. The van der Waals surface area contributed by atoms with E-state index in [1.165, 1.54) is 0 Å². The van der Waals surface area contributed by atoms with Gasteiger partial charge in [0.25, 0.3) is 0 Å². The highest BCUT2D eigenvalue weighted by Crippen LogP contribution is 1.99. The Kier molecular flexibility index (Phi) is 4.51. The molecule has 0 rings (SSSR count). The molecule has 0 heterocycles. The Hall–Kier alpha value is 0.400. The van der Waals surface area contributed by atoms with Crippen molar-refractivity contribution in [2.75, 3.05) is 5.75 Å². The summed E-state index contributed by atoms with van der Waals surface area (Å²) >= 11 is 3.81. The van der Waals surface area contributed by atoms with Crippen LogP contribution in [0.3, 0.4) is 0 Å². The molecule has 8 heavy (non-hydrogen) atoms. The predicted molar refractivity (Wildman–Crippen MR) is 35.6 cm³/mol. The summed E-state index contributed by atoms with van der Waals surface area (Å²) < 4.78 is 18.2. The maximum absolute atomic E-state index is 9.96. The Morgan fingerprint density at radius 1 is 1.88 bits per heavy atom. The maximum atomic E-state index is 9.96. The molecule has 0 aromatic rings. The lowest BCUT2D eigenvalue weighted by Gasteiger charge is -1.96. The molecular formula is C4H9ClO2S. The molecule has 0 saturated carbocycles. The van der Waals surface area contributed by atoms with Gasteiger partial charge < -0.3 is 4.55 Å². The van der Waals surface area contributed by atoms with Crippen LogP contribution in [0, 0.1) is 0 Å². The third-order valence-corrected chi connectivity index (χ3v) is 1.49. The first-order chi connectivity index (χ1) is 3.63. The molecule has 2 atom stereocenters. The normalized spacial score (nSPS) is 17.9. The molecule has 0 saturated heterocycles. The van der Waals surface area contributed by atoms with E-state index in [1.807, 2.05) is 0 Å². The Morgan fingerprint density at radius 3 is 2.50 bits per heavy atom. The average molecular weight is 157 g/mol. The van der Waals surface area contributed by atoms with Crippen molar-refractivity contribution in [3.8, 4) is 0 Å². The monoisotopic (exact) mass is 156 g/mol. The predicted octanol–water partition coefficient (Wildman–Crippen LogP) is 1.23. The van der Waals surface area contributed by atoms with Gasteiger partial charge in [-0.25, -0.2) is 4.21 Å². The van der Waals surface area contributed by atoms with E-state index in [1.54, 1.807) is 6.92 Å². The first-order valence-electron chi connectivity index (χ1n) is 2.34. The largest absolute Gasteiger partial charge is 0.306 e. The molecule has 0 aliphatic heterocycles. The van der Waals surface area contributed by atoms with Crippen LogP contribution in [0.1, 0.15) is 13.3 Å². The minimum absolute atomic E-state index is 0.00565. The van der Waals surface area contributed by atoms with Gasteiger partial charge in [-0.3, -0.25) is 0 Å². The summed E-state index contributed by atoms with van der Waals surface area (Å²) in [5.41, 5.74) is 0. The third-order valence-electron chi connectivity index (χ3n) is 0.690. The molecule has 2 nitrogen and oxygen atoms in total. The lowest BCUT2D eigenvalue weighted by molar-refractivity contribution is 0.561. The Morgan fingerprint density at radius 2 is 2.38 bits per heavy atom. The fourth-order valence-corrected chi connectivity index (χ4v) is 1.06. The fourth-order valence-electron chi connectivity index (χ4n) is 0.263. The number of halogens is 1. The van der Waals surface area contributed by atoms with Crippen LogP contribution in [0.15, 0.2) is 0 Å². The van der Waals surface area contributed by atoms with E-state index in [-0.39, 0.29) is 11.1 Å². The summed E-state index contributed by atoms with van der Waals surface area (Å²) in [6, 6.07) is 0. The van der Waals surface area contributed by atoms with Crippen molar-refractivity contribution in [3.05, 3.63) is 0 Å². The van der Waals surface area contributed by atoms with E-state index in [0.29, 0.717) is 6.42 Å². The van der Waals surface area contributed by atoms with Gasteiger partial charge in [-0.1, -0.05) is 0 Å². The minimum atomic E-state index is -1.67. The number of hydrogen-bond donors (Lipinski definition) is 1. The van der Waals surface area contributed by atoms with E-state index in [2.05, 4.69) is 0 Å². The summed E-state index contributed by atoms with van der Waals surface area (Å²) in [5.74, 6) is 0.282. The van der Waals surface area contributed by atoms with Gasteiger partial charge in [-0.2, -0.15) is 0 Å². The molecular weight excluding hydrogens is 148 g/mol. The second-order valence-electron chi connectivity index (χ2n) is 1.60.